The number of primary amides is 1. The van der Waals surface area contributed by atoms with Gasteiger partial charge in [0.25, 0.3) is 0 Å². The maximum atomic E-state index is 11.4. The quantitative estimate of drug-likeness (QED) is 0.693. The number of piperazine rings is 1. The van der Waals surface area contributed by atoms with Crippen molar-refractivity contribution in [2.24, 2.45) is 5.73 Å². The zero-order chi connectivity index (χ0) is 13.8. The molecule has 1 atom stereocenters. The molecule has 0 aromatic heterocycles. The average Bonchev–Trinajstić information content (AvgIpc) is 2.41. The molecule has 0 bridgehead atoms. The number of hydrogen-bond donors (Lipinski definition) is 3. The Hall–Kier alpha value is -1.79. The molecular weight excluding hydrogens is 246 g/mol. The lowest BCUT2D eigenvalue weighted by Gasteiger charge is -2.34. The Bertz CT molecular complexity index is 464. The zero-order valence-electron chi connectivity index (χ0n) is 10.9. The molecule has 1 aromatic rings. The van der Waals surface area contributed by atoms with Crippen LogP contribution in [0.1, 0.15) is 5.56 Å². The van der Waals surface area contributed by atoms with Crippen LogP contribution in [0.25, 0.3) is 0 Å². The van der Waals surface area contributed by atoms with Gasteiger partial charge < -0.3 is 20.9 Å². The Morgan fingerprint density at radius 3 is 3.11 bits per heavy atom. The van der Waals surface area contributed by atoms with E-state index in [2.05, 4.69) is 5.32 Å². The van der Waals surface area contributed by atoms with Crippen molar-refractivity contribution >= 4 is 5.91 Å². The first-order chi connectivity index (χ1) is 9.13. The van der Waals surface area contributed by atoms with Gasteiger partial charge in [0, 0.05) is 31.7 Å². The number of benzene rings is 1. The summed E-state index contributed by atoms with van der Waals surface area (Å²) < 4.78 is 5.08. The molecule has 0 aliphatic carbocycles. The van der Waals surface area contributed by atoms with Gasteiger partial charge in [-0.1, -0.05) is 12.1 Å². The van der Waals surface area contributed by atoms with E-state index >= 15 is 0 Å². The summed E-state index contributed by atoms with van der Waals surface area (Å²) in [5, 5.41) is 13.2. The Labute approximate surface area is 112 Å². The van der Waals surface area contributed by atoms with Crippen molar-refractivity contribution in [3.05, 3.63) is 23.8 Å². The maximum absolute atomic E-state index is 11.4. The van der Waals surface area contributed by atoms with Gasteiger partial charge in [-0.15, -0.1) is 0 Å². The smallest absolute Gasteiger partial charge is 0.236 e. The fraction of sp³-hybridized carbons (Fsp3) is 0.462. The molecule has 1 aliphatic heterocycles. The number of rotatable bonds is 4. The molecule has 1 unspecified atom stereocenters. The van der Waals surface area contributed by atoms with E-state index in [-0.39, 0.29) is 17.7 Å². The van der Waals surface area contributed by atoms with Crippen LogP contribution in [-0.2, 0) is 11.3 Å². The van der Waals surface area contributed by atoms with Gasteiger partial charge in [-0.3, -0.25) is 9.69 Å². The van der Waals surface area contributed by atoms with Crippen LogP contribution in [0, 0.1) is 0 Å². The van der Waals surface area contributed by atoms with Crippen LogP contribution in [0.3, 0.4) is 0 Å². The molecule has 0 radical (unpaired) electrons. The first-order valence-corrected chi connectivity index (χ1v) is 6.22. The summed E-state index contributed by atoms with van der Waals surface area (Å²) in [6, 6.07) is 4.98. The Morgan fingerprint density at radius 1 is 1.63 bits per heavy atom. The number of ether oxygens (including phenoxy) is 1. The van der Waals surface area contributed by atoms with Crippen molar-refractivity contribution in [1.29, 1.82) is 0 Å². The minimum atomic E-state index is -0.352. The monoisotopic (exact) mass is 265 g/mol. The Morgan fingerprint density at radius 2 is 2.42 bits per heavy atom. The van der Waals surface area contributed by atoms with Crippen molar-refractivity contribution in [2.75, 3.05) is 26.7 Å². The van der Waals surface area contributed by atoms with Crippen LogP contribution in [-0.4, -0.2) is 48.7 Å². The number of nitrogens with one attached hydrogen (secondary N) is 1. The van der Waals surface area contributed by atoms with Crippen molar-refractivity contribution in [2.45, 2.75) is 12.6 Å². The lowest BCUT2D eigenvalue weighted by molar-refractivity contribution is -0.124. The third-order valence-corrected chi connectivity index (χ3v) is 3.36. The number of aromatic hydroxyl groups is 1. The molecule has 1 aromatic carbocycles. The van der Waals surface area contributed by atoms with Crippen molar-refractivity contribution in [3.63, 3.8) is 0 Å². The second-order valence-electron chi connectivity index (χ2n) is 4.56. The molecule has 19 heavy (non-hydrogen) atoms. The van der Waals surface area contributed by atoms with Gasteiger partial charge in [0.15, 0.2) is 11.5 Å². The number of nitrogens with zero attached hydrogens (tertiary/aromatic N) is 1. The van der Waals surface area contributed by atoms with Crippen molar-refractivity contribution in [3.8, 4) is 11.5 Å². The van der Waals surface area contributed by atoms with Gasteiger partial charge in [-0.05, 0) is 6.07 Å². The molecule has 0 saturated carbocycles. The minimum Gasteiger partial charge on any atom is -0.504 e. The second-order valence-corrected chi connectivity index (χ2v) is 4.56. The molecule has 4 N–H and O–H groups in total. The van der Waals surface area contributed by atoms with E-state index in [4.69, 9.17) is 10.5 Å². The van der Waals surface area contributed by atoms with Crippen molar-refractivity contribution in [1.82, 2.24) is 10.2 Å². The molecule has 2 rings (SSSR count). The highest BCUT2D eigenvalue weighted by molar-refractivity contribution is 5.80. The average molecular weight is 265 g/mol. The maximum Gasteiger partial charge on any atom is 0.236 e. The summed E-state index contributed by atoms with van der Waals surface area (Å²) >= 11 is 0. The van der Waals surface area contributed by atoms with Crippen LogP contribution in [0.4, 0.5) is 0 Å². The topological polar surface area (TPSA) is 87.8 Å². The molecule has 6 nitrogen and oxygen atoms in total. The van der Waals surface area contributed by atoms with Crippen molar-refractivity contribution < 1.29 is 14.6 Å². The lowest BCUT2D eigenvalue weighted by atomic mass is 10.1. The van der Waals surface area contributed by atoms with Gasteiger partial charge >= 0.3 is 0 Å². The fourth-order valence-corrected chi connectivity index (χ4v) is 2.30. The van der Waals surface area contributed by atoms with E-state index in [1.165, 1.54) is 7.11 Å². The number of nitrogens with two attached hydrogens (primary N) is 1. The van der Waals surface area contributed by atoms with E-state index in [0.717, 1.165) is 12.1 Å². The molecule has 1 aliphatic rings. The minimum absolute atomic E-state index is 0.117. The SMILES string of the molecule is COc1cccc(CN2CCNCC2C(N)=O)c1O. The number of methoxy groups -OCH3 is 1. The first kappa shape index (κ1) is 13.6. The number of hydrogen-bond acceptors (Lipinski definition) is 5. The van der Waals surface area contributed by atoms with E-state index in [1.54, 1.807) is 6.07 Å². The summed E-state index contributed by atoms with van der Waals surface area (Å²) in [6.07, 6.45) is 0. The van der Waals surface area contributed by atoms with Crippen LogP contribution in [0.5, 0.6) is 11.5 Å². The third kappa shape index (κ3) is 2.97. The normalized spacial score (nSPS) is 20.2. The third-order valence-electron chi connectivity index (χ3n) is 3.36. The summed E-state index contributed by atoms with van der Waals surface area (Å²) in [5.74, 6) is 0.199. The van der Waals surface area contributed by atoms with Gasteiger partial charge in [0.2, 0.25) is 5.91 Å². The molecular formula is C13H19N3O3. The molecule has 1 heterocycles. The van der Waals surface area contributed by atoms with E-state index in [0.29, 0.717) is 25.4 Å². The Kier molecular flexibility index (Phi) is 4.24. The standard InChI is InChI=1S/C13H19N3O3/c1-19-11-4-2-3-9(12(11)17)8-16-6-5-15-7-10(16)13(14)18/h2-4,10,15,17H,5-8H2,1H3,(H2,14,18). The number of carbonyl (C=O) groups excluding carboxylic acids is 1. The van der Waals surface area contributed by atoms with Crippen LogP contribution >= 0.6 is 0 Å². The van der Waals surface area contributed by atoms with Crippen LogP contribution in [0.15, 0.2) is 18.2 Å². The predicted octanol–water partition coefficient (Wildman–Crippen LogP) is -0.340. The van der Waals surface area contributed by atoms with Crippen LogP contribution in [0.2, 0.25) is 0 Å². The van der Waals surface area contributed by atoms with Gasteiger partial charge in [0.1, 0.15) is 6.04 Å². The zero-order valence-corrected chi connectivity index (χ0v) is 10.9. The predicted molar refractivity (Wildman–Crippen MR) is 70.9 cm³/mol. The lowest BCUT2D eigenvalue weighted by Crippen LogP contribution is -2.56. The largest absolute Gasteiger partial charge is 0.504 e. The number of carbonyl (C=O) groups is 1. The highest BCUT2D eigenvalue weighted by Gasteiger charge is 2.27. The van der Waals surface area contributed by atoms with E-state index < -0.39 is 0 Å². The van der Waals surface area contributed by atoms with Gasteiger partial charge in [-0.2, -0.15) is 0 Å². The first-order valence-electron chi connectivity index (χ1n) is 6.22. The highest BCUT2D eigenvalue weighted by Crippen LogP contribution is 2.30. The number of phenolic OH excluding ortho intramolecular Hbond substituents is 1. The fourth-order valence-electron chi connectivity index (χ4n) is 2.30. The summed E-state index contributed by atoms with van der Waals surface area (Å²) in [4.78, 5) is 13.4. The Balaban J connectivity index is 2.17. The van der Waals surface area contributed by atoms with E-state index in [1.807, 2.05) is 17.0 Å². The molecule has 1 amide bonds. The number of para-hydroxylation sites is 1. The van der Waals surface area contributed by atoms with Crippen LogP contribution < -0.4 is 15.8 Å². The number of amides is 1. The molecule has 1 saturated heterocycles. The highest BCUT2D eigenvalue weighted by atomic mass is 16.5. The summed E-state index contributed by atoms with van der Waals surface area (Å²) in [6.45, 7) is 2.52. The number of phenols is 1. The molecule has 1 fully saturated rings. The van der Waals surface area contributed by atoms with Gasteiger partial charge in [-0.25, -0.2) is 0 Å². The molecule has 104 valence electrons. The van der Waals surface area contributed by atoms with Gasteiger partial charge in [0.05, 0.1) is 7.11 Å². The van der Waals surface area contributed by atoms with E-state index in [9.17, 15) is 9.90 Å². The molecule has 6 heteroatoms. The summed E-state index contributed by atoms with van der Waals surface area (Å²) in [5.41, 5.74) is 6.13. The second kappa shape index (κ2) is 5.90. The summed E-state index contributed by atoms with van der Waals surface area (Å²) in [7, 11) is 1.51. The molecule has 0 spiro atoms.